The summed E-state index contributed by atoms with van der Waals surface area (Å²) >= 11 is 1.51. The van der Waals surface area contributed by atoms with Crippen molar-refractivity contribution < 1.29 is 4.79 Å². The molecule has 0 fully saturated rings. The molecule has 4 aromatic rings. The number of anilines is 1. The van der Waals surface area contributed by atoms with Gasteiger partial charge in [-0.15, -0.1) is 11.3 Å². The highest BCUT2D eigenvalue weighted by Gasteiger charge is 2.21. The van der Waals surface area contributed by atoms with Gasteiger partial charge in [0.05, 0.1) is 10.4 Å². The van der Waals surface area contributed by atoms with E-state index in [9.17, 15) is 4.79 Å². The van der Waals surface area contributed by atoms with Gasteiger partial charge >= 0.3 is 0 Å². The van der Waals surface area contributed by atoms with Gasteiger partial charge in [-0.2, -0.15) is 0 Å². The number of thiophene rings is 1. The maximum atomic E-state index is 13.0. The normalized spacial score (nSPS) is 14.3. The number of aromatic nitrogens is 3. The minimum atomic E-state index is 0.0754. The van der Waals surface area contributed by atoms with Crippen molar-refractivity contribution in [3.63, 3.8) is 0 Å². The summed E-state index contributed by atoms with van der Waals surface area (Å²) < 4.78 is 0. The van der Waals surface area contributed by atoms with Gasteiger partial charge in [0.1, 0.15) is 5.82 Å². The van der Waals surface area contributed by atoms with Crippen LogP contribution in [0.3, 0.4) is 0 Å². The summed E-state index contributed by atoms with van der Waals surface area (Å²) in [5.74, 6) is 0.603. The Hall–Kier alpha value is -3.71. The van der Waals surface area contributed by atoms with Gasteiger partial charge < -0.3 is 15.6 Å². The third kappa shape index (κ3) is 4.00. The number of rotatable bonds is 4. The Labute approximate surface area is 183 Å². The van der Waals surface area contributed by atoms with E-state index in [1.54, 1.807) is 12.4 Å². The van der Waals surface area contributed by atoms with Gasteiger partial charge in [0, 0.05) is 47.6 Å². The first-order valence-electron chi connectivity index (χ1n) is 10.1. The number of nitrogens with one attached hydrogen (secondary N) is 1. The molecule has 1 amide bonds. The minimum Gasteiger partial charge on any atom is -0.383 e. The van der Waals surface area contributed by atoms with E-state index in [4.69, 9.17) is 5.73 Å². The molecule has 5 rings (SSSR count). The van der Waals surface area contributed by atoms with Gasteiger partial charge in [-0.3, -0.25) is 9.78 Å². The highest BCUT2D eigenvalue weighted by molar-refractivity contribution is 7.14. The number of nitrogen functional groups attached to an aromatic ring is 1. The van der Waals surface area contributed by atoms with Crippen molar-refractivity contribution in [2.45, 2.75) is 6.42 Å². The Morgan fingerprint density at radius 2 is 2.13 bits per heavy atom. The number of pyridine rings is 2. The van der Waals surface area contributed by atoms with Crippen LogP contribution in [0.2, 0.25) is 0 Å². The molecule has 7 heteroatoms. The number of aromatic amines is 1. The largest absolute Gasteiger partial charge is 0.383 e. The van der Waals surface area contributed by atoms with Crippen LogP contribution in [0.15, 0.2) is 61.1 Å². The smallest absolute Gasteiger partial charge is 0.264 e. The van der Waals surface area contributed by atoms with Crippen molar-refractivity contribution in [2.24, 2.45) is 0 Å². The van der Waals surface area contributed by atoms with Crippen LogP contribution in [0.1, 0.15) is 32.2 Å². The van der Waals surface area contributed by atoms with Crippen LogP contribution < -0.4 is 5.73 Å². The molecule has 0 bridgehead atoms. The van der Waals surface area contributed by atoms with Crippen molar-refractivity contribution in [3.05, 3.63) is 82.1 Å². The summed E-state index contributed by atoms with van der Waals surface area (Å²) in [6.45, 7) is 1.28. The van der Waals surface area contributed by atoms with E-state index in [-0.39, 0.29) is 5.91 Å². The topological polar surface area (TPSA) is 87.9 Å². The number of hydrogen-bond acceptors (Lipinski definition) is 5. The summed E-state index contributed by atoms with van der Waals surface area (Å²) in [5, 5.41) is 0.933. The second kappa shape index (κ2) is 8.20. The van der Waals surface area contributed by atoms with Crippen molar-refractivity contribution in [1.82, 2.24) is 19.9 Å². The van der Waals surface area contributed by atoms with Gasteiger partial charge in [-0.25, -0.2) is 4.98 Å². The van der Waals surface area contributed by atoms with Crippen molar-refractivity contribution in [3.8, 4) is 0 Å². The van der Waals surface area contributed by atoms with Gasteiger partial charge in [0.15, 0.2) is 0 Å². The molecule has 4 aromatic heterocycles. The fourth-order valence-corrected chi connectivity index (χ4v) is 4.59. The summed E-state index contributed by atoms with van der Waals surface area (Å²) in [5.41, 5.74) is 10.2. The lowest BCUT2D eigenvalue weighted by Gasteiger charge is -2.25. The lowest BCUT2D eigenvalue weighted by atomic mass is 10.0. The number of carbonyl (C=O) groups excluding carboxylic acids is 1. The monoisotopic (exact) mass is 427 g/mol. The molecule has 6 nitrogen and oxygen atoms in total. The second-order valence-electron chi connectivity index (χ2n) is 7.39. The lowest BCUT2D eigenvalue weighted by molar-refractivity contribution is 0.0777. The van der Waals surface area contributed by atoms with Crippen molar-refractivity contribution in [1.29, 1.82) is 0 Å². The van der Waals surface area contributed by atoms with Crippen LogP contribution in [0.4, 0.5) is 5.82 Å². The fourth-order valence-electron chi connectivity index (χ4n) is 3.71. The Bertz CT molecular complexity index is 1300. The fraction of sp³-hybridized carbons (Fsp3) is 0.125. The predicted molar refractivity (Wildman–Crippen MR) is 126 cm³/mol. The molecule has 0 spiro atoms. The van der Waals surface area contributed by atoms with Gasteiger partial charge in [-0.1, -0.05) is 18.2 Å². The SMILES string of the molecule is Nc1nccc2[nH]c(C3=CCN(C(=O)c4ccc(/C=C/c5cccnc5)s4)CC3)cc12. The average molecular weight is 428 g/mol. The molecule has 0 saturated heterocycles. The first-order valence-corrected chi connectivity index (χ1v) is 10.9. The van der Waals surface area contributed by atoms with E-state index in [0.29, 0.717) is 18.9 Å². The predicted octanol–water partition coefficient (Wildman–Crippen LogP) is 4.70. The molecule has 154 valence electrons. The number of nitrogens with two attached hydrogens (primary N) is 1. The van der Waals surface area contributed by atoms with Crippen LogP contribution in [0.25, 0.3) is 28.6 Å². The maximum Gasteiger partial charge on any atom is 0.264 e. The Morgan fingerprint density at radius 1 is 1.19 bits per heavy atom. The van der Waals surface area contributed by atoms with Gasteiger partial charge in [-0.05, 0) is 54.0 Å². The molecule has 31 heavy (non-hydrogen) atoms. The standard InChI is InChI=1S/C24H21N5OS/c25-23-19-14-21(28-20(19)7-11-27-23)17-8-12-29(13-9-17)24(30)22-6-5-18(31-22)4-3-16-2-1-10-26-15-16/h1-8,10-11,14-15,28H,9,12-13H2,(H2,25,27)/b4-3+. The number of H-pyrrole nitrogens is 1. The highest BCUT2D eigenvalue weighted by atomic mass is 32.1. The molecule has 1 aliphatic rings. The Balaban J connectivity index is 1.27. The Kier molecular flexibility index (Phi) is 5.09. The summed E-state index contributed by atoms with van der Waals surface area (Å²) in [6.07, 6.45) is 12.2. The van der Waals surface area contributed by atoms with Crippen LogP contribution >= 0.6 is 11.3 Å². The van der Waals surface area contributed by atoms with Crippen LogP contribution in [-0.4, -0.2) is 38.8 Å². The molecule has 0 unspecified atom stereocenters. The summed E-state index contributed by atoms with van der Waals surface area (Å²) in [4.78, 5) is 28.3. The van der Waals surface area contributed by atoms with E-state index >= 15 is 0 Å². The number of nitrogens with zero attached hydrogens (tertiary/aromatic N) is 3. The summed E-state index contributed by atoms with van der Waals surface area (Å²) in [7, 11) is 0. The molecular formula is C24H21N5OS. The third-order valence-electron chi connectivity index (χ3n) is 5.38. The maximum absolute atomic E-state index is 13.0. The van der Waals surface area contributed by atoms with Gasteiger partial charge in [0.25, 0.3) is 5.91 Å². The number of fused-ring (bicyclic) bond motifs is 1. The number of amides is 1. The molecule has 0 radical (unpaired) electrons. The Morgan fingerprint density at radius 3 is 2.90 bits per heavy atom. The lowest BCUT2D eigenvalue weighted by Crippen LogP contribution is -2.34. The third-order valence-corrected chi connectivity index (χ3v) is 6.42. The number of carbonyl (C=O) groups is 1. The molecule has 0 aromatic carbocycles. The van der Waals surface area contributed by atoms with Crippen LogP contribution in [0, 0.1) is 0 Å². The molecular weight excluding hydrogens is 406 g/mol. The zero-order valence-electron chi connectivity index (χ0n) is 16.8. The van der Waals surface area contributed by atoms with Crippen LogP contribution in [0.5, 0.6) is 0 Å². The van der Waals surface area contributed by atoms with E-state index in [1.165, 1.54) is 16.9 Å². The molecule has 0 atom stereocenters. The molecule has 0 saturated carbocycles. The van der Waals surface area contributed by atoms with Crippen molar-refractivity contribution in [2.75, 3.05) is 18.8 Å². The van der Waals surface area contributed by atoms with Gasteiger partial charge in [0.2, 0.25) is 0 Å². The zero-order chi connectivity index (χ0) is 21.2. The summed E-state index contributed by atoms with van der Waals surface area (Å²) in [6, 6.07) is 11.8. The van der Waals surface area contributed by atoms with E-state index in [2.05, 4.69) is 21.0 Å². The quantitative estimate of drug-likeness (QED) is 0.494. The van der Waals surface area contributed by atoms with Crippen LogP contribution in [-0.2, 0) is 0 Å². The highest BCUT2D eigenvalue weighted by Crippen LogP contribution is 2.28. The van der Waals surface area contributed by atoms with Crippen molar-refractivity contribution >= 4 is 51.7 Å². The van der Waals surface area contributed by atoms with E-state index < -0.39 is 0 Å². The van der Waals surface area contributed by atoms with E-state index in [1.807, 2.05) is 59.6 Å². The molecule has 0 aliphatic carbocycles. The van der Waals surface area contributed by atoms with E-state index in [0.717, 1.165) is 38.3 Å². The zero-order valence-corrected chi connectivity index (χ0v) is 17.6. The second-order valence-corrected chi connectivity index (χ2v) is 8.51. The molecule has 1 aliphatic heterocycles. The first-order chi connectivity index (χ1) is 15.2. The number of hydrogen-bond donors (Lipinski definition) is 2. The molecule has 3 N–H and O–H groups in total. The average Bonchev–Trinajstić information content (AvgIpc) is 3.46. The molecule has 5 heterocycles. The minimum absolute atomic E-state index is 0.0754. The first kappa shape index (κ1) is 19.3.